The van der Waals surface area contributed by atoms with E-state index in [9.17, 15) is 14.0 Å². The fourth-order valence-electron chi connectivity index (χ4n) is 1.45. The van der Waals surface area contributed by atoms with Crippen molar-refractivity contribution in [3.05, 3.63) is 61.1 Å². The van der Waals surface area contributed by atoms with Gasteiger partial charge in [-0.3, -0.25) is 9.78 Å². The Morgan fingerprint density at radius 3 is 2.61 bits per heavy atom. The Kier molecular flexibility index (Phi) is 3.71. The fourth-order valence-corrected chi connectivity index (χ4v) is 1.74. The van der Waals surface area contributed by atoms with E-state index in [0.717, 1.165) is 10.2 Å². The first-order valence-electron chi connectivity index (χ1n) is 5.17. The molecule has 18 heavy (non-hydrogen) atoms. The molecule has 0 aliphatic carbocycles. The van der Waals surface area contributed by atoms with E-state index in [-0.39, 0.29) is 10.4 Å². The van der Waals surface area contributed by atoms with Gasteiger partial charge in [0.05, 0.1) is 6.54 Å². The van der Waals surface area contributed by atoms with Gasteiger partial charge in [0.25, 0.3) is 5.56 Å². The van der Waals surface area contributed by atoms with Crippen LogP contribution in [0.3, 0.4) is 0 Å². The van der Waals surface area contributed by atoms with Crippen molar-refractivity contribution in [2.45, 2.75) is 13.0 Å². The van der Waals surface area contributed by atoms with Gasteiger partial charge in [-0.15, -0.1) is 0 Å². The van der Waals surface area contributed by atoms with Crippen LogP contribution in [0.25, 0.3) is 0 Å². The maximum Gasteiger partial charge on any atom is 0.344 e. The summed E-state index contributed by atoms with van der Waals surface area (Å²) < 4.78 is 13.9. The molecule has 1 aromatic heterocycles. The number of aryl methyl sites for hydroxylation is 2. The molecule has 7 heteroatoms. The zero-order chi connectivity index (χ0) is 13.1. The quantitative estimate of drug-likeness (QED) is 0.922. The Labute approximate surface area is 109 Å². The molecule has 1 aromatic carbocycles. The van der Waals surface area contributed by atoms with E-state index >= 15 is 0 Å². The number of rotatable bonds is 3. The highest BCUT2D eigenvalue weighted by atomic mass is 79.9. The van der Waals surface area contributed by atoms with E-state index in [0.29, 0.717) is 13.0 Å². The second kappa shape index (κ2) is 5.26. The van der Waals surface area contributed by atoms with Gasteiger partial charge < -0.3 is 0 Å². The topological polar surface area (TPSA) is 67.8 Å². The van der Waals surface area contributed by atoms with Crippen molar-refractivity contribution in [3.8, 4) is 0 Å². The molecule has 0 radical (unpaired) electrons. The average Bonchev–Trinajstić information content (AvgIpc) is 2.34. The summed E-state index contributed by atoms with van der Waals surface area (Å²) in [6.45, 7) is 0.305. The molecule has 2 rings (SSSR count). The van der Waals surface area contributed by atoms with Gasteiger partial charge in [-0.1, -0.05) is 12.1 Å². The second-order valence-corrected chi connectivity index (χ2v) is 4.40. The van der Waals surface area contributed by atoms with Gasteiger partial charge in [-0.05, 0) is 40.0 Å². The summed E-state index contributed by atoms with van der Waals surface area (Å²) in [6, 6.07) is 5.99. The normalized spacial score (nSPS) is 10.6. The van der Waals surface area contributed by atoms with Crippen molar-refractivity contribution in [3.63, 3.8) is 0 Å². The van der Waals surface area contributed by atoms with Gasteiger partial charge in [0.15, 0.2) is 4.60 Å². The number of aromatic nitrogens is 3. The summed E-state index contributed by atoms with van der Waals surface area (Å²) in [7, 11) is 0. The molecular formula is C11H9BrFN3O2. The van der Waals surface area contributed by atoms with Crippen LogP contribution in [0.4, 0.5) is 4.39 Å². The van der Waals surface area contributed by atoms with E-state index in [1.54, 1.807) is 12.1 Å². The maximum absolute atomic E-state index is 12.7. The van der Waals surface area contributed by atoms with E-state index in [4.69, 9.17) is 0 Å². The fraction of sp³-hybridized carbons (Fsp3) is 0.182. The van der Waals surface area contributed by atoms with Crippen LogP contribution in [-0.2, 0) is 13.0 Å². The van der Waals surface area contributed by atoms with Crippen LogP contribution in [-0.4, -0.2) is 14.8 Å². The highest BCUT2D eigenvalue weighted by Gasteiger charge is 2.03. The molecule has 0 saturated heterocycles. The first-order chi connectivity index (χ1) is 8.56. The van der Waals surface area contributed by atoms with Crippen LogP contribution >= 0.6 is 15.9 Å². The van der Waals surface area contributed by atoms with Crippen LogP contribution in [0, 0.1) is 5.82 Å². The molecule has 5 nitrogen and oxygen atoms in total. The predicted octanol–water partition coefficient (Wildman–Crippen LogP) is 1.08. The Balaban J connectivity index is 2.15. The molecule has 1 N–H and O–H groups in total. The van der Waals surface area contributed by atoms with Crippen LogP contribution in [0.2, 0.25) is 0 Å². The summed E-state index contributed by atoms with van der Waals surface area (Å²) >= 11 is 2.95. The minimum Gasteiger partial charge on any atom is -0.270 e. The lowest BCUT2D eigenvalue weighted by Gasteiger charge is -2.04. The van der Waals surface area contributed by atoms with Crippen LogP contribution < -0.4 is 11.2 Å². The minimum absolute atomic E-state index is 0.0567. The van der Waals surface area contributed by atoms with Crippen LogP contribution in [0.5, 0.6) is 0 Å². The maximum atomic E-state index is 12.7. The minimum atomic E-state index is -0.565. The van der Waals surface area contributed by atoms with E-state index in [2.05, 4.69) is 26.0 Å². The van der Waals surface area contributed by atoms with Gasteiger partial charge in [0.2, 0.25) is 0 Å². The first-order valence-corrected chi connectivity index (χ1v) is 5.97. The van der Waals surface area contributed by atoms with Gasteiger partial charge >= 0.3 is 5.69 Å². The molecule has 0 unspecified atom stereocenters. The number of aromatic amines is 1. The summed E-state index contributed by atoms with van der Waals surface area (Å²) in [5.74, 6) is -0.305. The van der Waals surface area contributed by atoms with Crippen LogP contribution in [0.1, 0.15) is 5.56 Å². The highest BCUT2D eigenvalue weighted by Crippen LogP contribution is 2.04. The van der Waals surface area contributed by atoms with Crippen LogP contribution in [0.15, 0.2) is 38.5 Å². The van der Waals surface area contributed by atoms with Crippen molar-refractivity contribution < 1.29 is 4.39 Å². The third-order valence-electron chi connectivity index (χ3n) is 2.38. The molecule has 0 saturated carbocycles. The van der Waals surface area contributed by atoms with Crippen molar-refractivity contribution in [2.75, 3.05) is 0 Å². The smallest absolute Gasteiger partial charge is 0.270 e. The molecule has 0 atom stereocenters. The number of hydrogen-bond donors (Lipinski definition) is 1. The van der Waals surface area contributed by atoms with Crippen molar-refractivity contribution >= 4 is 15.9 Å². The molecule has 0 amide bonds. The predicted molar refractivity (Wildman–Crippen MR) is 66.9 cm³/mol. The zero-order valence-corrected chi connectivity index (χ0v) is 10.8. The van der Waals surface area contributed by atoms with Gasteiger partial charge in [-0.2, -0.15) is 5.10 Å². The average molecular weight is 314 g/mol. The lowest BCUT2D eigenvalue weighted by atomic mass is 10.1. The zero-order valence-electron chi connectivity index (χ0n) is 9.19. The molecule has 1 heterocycles. The first kappa shape index (κ1) is 12.7. The lowest BCUT2D eigenvalue weighted by molar-refractivity contribution is 0.547. The number of hydrogen-bond acceptors (Lipinski definition) is 3. The molecule has 2 aromatic rings. The van der Waals surface area contributed by atoms with Crippen molar-refractivity contribution in [2.24, 2.45) is 0 Å². The largest absolute Gasteiger partial charge is 0.344 e. The summed E-state index contributed by atoms with van der Waals surface area (Å²) in [4.78, 5) is 24.7. The Morgan fingerprint density at radius 1 is 1.28 bits per heavy atom. The number of H-pyrrole nitrogens is 1. The number of halogens is 2. The van der Waals surface area contributed by atoms with E-state index in [1.165, 1.54) is 12.1 Å². The van der Waals surface area contributed by atoms with Crippen molar-refractivity contribution in [1.82, 2.24) is 14.8 Å². The third kappa shape index (κ3) is 2.92. The van der Waals surface area contributed by atoms with Gasteiger partial charge in [-0.25, -0.2) is 13.9 Å². The standard InChI is InChI=1S/C11H9BrFN3O2/c12-9-10(17)14-11(18)16(15-9)6-5-7-1-3-8(13)4-2-7/h1-4H,5-6H2,(H,14,17,18). The second-order valence-electron chi connectivity index (χ2n) is 3.65. The highest BCUT2D eigenvalue weighted by molar-refractivity contribution is 9.10. The molecule has 0 fully saturated rings. The summed E-state index contributed by atoms with van der Waals surface area (Å²) in [6.07, 6.45) is 0.520. The summed E-state index contributed by atoms with van der Waals surface area (Å²) in [5, 5.41) is 3.81. The third-order valence-corrected chi connectivity index (χ3v) is 2.90. The Hall–Kier alpha value is -1.76. The molecular weight excluding hydrogens is 305 g/mol. The summed E-state index contributed by atoms with van der Waals surface area (Å²) in [5.41, 5.74) is -0.240. The molecule has 94 valence electrons. The molecule has 0 bridgehead atoms. The SMILES string of the molecule is O=c1[nH]c(=O)n(CCc2ccc(F)cc2)nc1Br. The van der Waals surface area contributed by atoms with Crippen molar-refractivity contribution in [1.29, 1.82) is 0 Å². The molecule has 0 spiro atoms. The monoisotopic (exact) mass is 313 g/mol. The lowest BCUT2D eigenvalue weighted by Crippen LogP contribution is -2.33. The number of benzene rings is 1. The Morgan fingerprint density at radius 2 is 1.94 bits per heavy atom. The van der Waals surface area contributed by atoms with Gasteiger partial charge in [0.1, 0.15) is 5.82 Å². The molecule has 0 aliphatic heterocycles. The molecule has 0 aliphatic rings. The number of nitrogens with one attached hydrogen (secondary N) is 1. The van der Waals surface area contributed by atoms with E-state index < -0.39 is 11.2 Å². The van der Waals surface area contributed by atoms with E-state index in [1.807, 2.05) is 0 Å². The number of nitrogens with zero attached hydrogens (tertiary/aromatic N) is 2. The Bertz CT molecular complexity index is 663. The van der Waals surface area contributed by atoms with Gasteiger partial charge in [0, 0.05) is 0 Å².